The van der Waals surface area contributed by atoms with Gasteiger partial charge in [0.05, 0.1) is 9.82 Å². The summed E-state index contributed by atoms with van der Waals surface area (Å²) in [5, 5.41) is 11.4. The third kappa shape index (κ3) is 3.80. The van der Waals surface area contributed by atoms with E-state index in [4.69, 9.17) is 4.74 Å². The Morgan fingerprint density at radius 1 is 1.00 bits per heavy atom. The molecule has 2 aromatic carbocycles. The molecule has 0 saturated carbocycles. The van der Waals surface area contributed by atoms with Gasteiger partial charge >= 0.3 is 5.69 Å². The van der Waals surface area contributed by atoms with Gasteiger partial charge in [0.1, 0.15) is 5.75 Å². The molecular weight excluding hydrogens is 344 g/mol. The molecule has 0 radical (unpaired) electrons. The average molecular weight is 362 g/mol. The Kier molecular flexibility index (Phi) is 5.00. The van der Waals surface area contributed by atoms with Gasteiger partial charge in [-0.2, -0.15) is 4.31 Å². The highest BCUT2D eigenvalue weighted by molar-refractivity contribution is 7.89. The minimum absolute atomic E-state index is 0.00814. The molecular formula is C17H18N2O5S. The van der Waals surface area contributed by atoms with E-state index >= 15 is 0 Å². The van der Waals surface area contributed by atoms with Gasteiger partial charge in [0, 0.05) is 19.2 Å². The maximum Gasteiger partial charge on any atom is 0.312 e. The van der Waals surface area contributed by atoms with E-state index in [0.717, 1.165) is 25.3 Å². The molecule has 3 rings (SSSR count). The molecule has 0 bridgehead atoms. The number of benzene rings is 2. The van der Waals surface area contributed by atoms with E-state index in [1.54, 1.807) is 30.3 Å². The quantitative estimate of drug-likeness (QED) is 0.599. The first-order chi connectivity index (χ1) is 12.0. The van der Waals surface area contributed by atoms with Gasteiger partial charge in [-0.3, -0.25) is 10.1 Å². The van der Waals surface area contributed by atoms with Crippen LogP contribution in [-0.4, -0.2) is 30.7 Å². The van der Waals surface area contributed by atoms with E-state index in [2.05, 4.69) is 0 Å². The number of piperidine rings is 1. The predicted octanol–water partition coefficient (Wildman–Crippen LogP) is 3.56. The minimum Gasteiger partial charge on any atom is -0.450 e. The molecule has 0 unspecified atom stereocenters. The third-order valence-corrected chi connectivity index (χ3v) is 5.95. The number of ether oxygens (including phenoxy) is 1. The first-order valence-electron chi connectivity index (χ1n) is 8.00. The van der Waals surface area contributed by atoms with Crippen molar-refractivity contribution in [1.29, 1.82) is 0 Å². The molecule has 1 saturated heterocycles. The lowest BCUT2D eigenvalue weighted by atomic mass is 10.2. The van der Waals surface area contributed by atoms with E-state index in [1.165, 1.54) is 16.4 Å². The molecule has 25 heavy (non-hydrogen) atoms. The zero-order chi connectivity index (χ0) is 17.9. The number of nitro groups is 1. The van der Waals surface area contributed by atoms with Crippen molar-refractivity contribution in [3.05, 3.63) is 58.6 Å². The van der Waals surface area contributed by atoms with Crippen molar-refractivity contribution >= 4 is 15.7 Å². The van der Waals surface area contributed by atoms with Gasteiger partial charge < -0.3 is 4.74 Å². The Balaban J connectivity index is 1.95. The summed E-state index contributed by atoms with van der Waals surface area (Å²) in [5.41, 5.74) is -0.373. The summed E-state index contributed by atoms with van der Waals surface area (Å²) in [7, 11) is -3.73. The van der Waals surface area contributed by atoms with Gasteiger partial charge in [0.25, 0.3) is 0 Å². The second-order valence-corrected chi connectivity index (χ2v) is 7.70. The highest BCUT2D eigenvalue weighted by atomic mass is 32.2. The van der Waals surface area contributed by atoms with Gasteiger partial charge in [0.15, 0.2) is 0 Å². The molecule has 1 aliphatic rings. The van der Waals surface area contributed by atoms with Crippen molar-refractivity contribution in [3.8, 4) is 11.5 Å². The van der Waals surface area contributed by atoms with Crippen molar-refractivity contribution in [2.75, 3.05) is 13.1 Å². The molecule has 0 aliphatic carbocycles. The highest BCUT2D eigenvalue weighted by Crippen LogP contribution is 2.34. The molecule has 0 aromatic heterocycles. The molecule has 0 amide bonds. The molecule has 8 heteroatoms. The molecule has 0 atom stereocenters. The number of rotatable bonds is 5. The summed E-state index contributed by atoms with van der Waals surface area (Å²) in [4.78, 5) is 10.7. The van der Waals surface area contributed by atoms with Crippen LogP contribution in [0.4, 0.5) is 5.69 Å². The first-order valence-corrected chi connectivity index (χ1v) is 9.44. The summed E-state index contributed by atoms with van der Waals surface area (Å²) in [5.74, 6) is 0.450. The summed E-state index contributed by atoms with van der Waals surface area (Å²) in [6.45, 7) is 0.886. The predicted molar refractivity (Wildman–Crippen MR) is 92.2 cm³/mol. The van der Waals surface area contributed by atoms with E-state index in [9.17, 15) is 18.5 Å². The summed E-state index contributed by atoms with van der Waals surface area (Å²) in [6.07, 6.45) is 2.60. The first kappa shape index (κ1) is 17.4. The van der Waals surface area contributed by atoms with Crippen molar-refractivity contribution in [2.45, 2.75) is 24.2 Å². The Hall–Kier alpha value is -2.45. The number of nitro benzene ring substituents is 1. The lowest BCUT2D eigenvalue weighted by Gasteiger charge is -2.25. The SMILES string of the molecule is O=[N+]([O-])c1cc(S(=O)(=O)N2CCCCC2)ccc1Oc1ccccc1. The molecule has 0 spiro atoms. The van der Waals surface area contributed by atoms with Crippen molar-refractivity contribution in [3.63, 3.8) is 0 Å². The Bertz CT molecular complexity index is 862. The number of hydrogen-bond acceptors (Lipinski definition) is 5. The van der Waals surface area contributed by atoms with Crippen LogP contribution in [0, 0.1) is 10.1 Å². The highest BCUT2D eigenvalue weighted by Gasteiger charge is 2.29. The van der Waals surface area contributed by atoms with E-state index in [0.29, 0.717) is 18.8 Å². The van der Waals surface area contributed by atoms with Crippen LogP contribution in [0.3, 0.4) is 0 Å². The van der Waals surface area contributed by atoms with Gasteiger partial charge in [-0.25, -0.2) is 8.42 Å². The van der Waals surface area contributed by atoms with E-state index in [1.807, 2.05) is 0 Å². The molecule has 1 heterocycles. The molecule has 1 fully saturated rings. The molecule has 7 nitrogen and oxygen atoms in total. The lowest BCUT2D eigenvalue weighted by Crippen LogP contribution is -2.35. The topological polar surface area (TPSA) is 89.8 Å². The van der Waals surface area contributed by atoms with Crippen molar-refractivity contribution in [1.82, 2.24) is 4.31 Å². The number of sulfonamides is 1. The Labute approximate surface area is 146 Å². The van der Waals surface area contributed by atoms with Crippen LogP contribution in [-0.2, 0) is 10.0 Å². The summed E-state index contributed by atoms with van der Waals surface area (Å²) in [6, 6.07) is 12.4. The zero-order valence-corrected chi connectivity index (χ0v) is 14.3. The van der Waals surface area contributed by atoms with Crippen LogP contribution in [0.5, 0.6) is 11.5 Å². The van der Waals surface area contributed by atoms with Gasteiger partial charge in [-0.1, -0.05) is 24.6 Å². The minimum atomic E-state index is -3.73. The molecule has 2 aromatic rings. The fourth-order valence-corrected chi connectivity index (χ4v) is 4.29. The second kappa shape index (κ2) is 7.20. The number of nitrogens with zero attached hydrogens (tertiary/aromatic N) is 2. The van der Waals surface area contributed by atoms with Crippen LogP contribution >= 0.6 is 0 Å². The summed E-state index contributed by atoms with van der Waals surface area (Å²) < 4.78 is 32.3. The standard InChI is InChI=1S/C17H18N2O5S/c20-19(21)16-13-15(25(22,23)18-11-5-2-6-12-18)9-10-17(16)24-14-7-3-1-4-8-14/h1,3-4,7-10,13H,2,5-6,11-12H2. The van der Waals surface area contributed by atoms with E-state index < -0.39 is 14.9 Å². The van der Waals surface area contributed by atoms with Crippen molar-refractivity contribution < 1.29 is 18.1 Å². The van der Waals surface area contributed by atoms with Crippen LogP contribution in [0.1, 0.15) is 19.3 Å². The average Bonchev–Trinajstić information content (AvgIpc) is 2.63. The smallest absolute Gasteiger partial charge is 0.312 e. The fraction of sp³-hybridized carbons (Fsp3) is 0.294. The summed E-state index contributed by atoms with van der Waals surface area (Å²) >= 11 is 0. The Morgan fingerprint density at radius 2 is 1.68 bits per heavy atom. The fourth-order valence-electron chi connectivity index (χ4n) is 2.76. The third-order valence-electron chi connectivity index (χ3n) is 4.05. The Morgan fingerprint density at radius 3 is 2.32 bits per heavy atom. The molecule has 0 N–H and O–H groups in total. The van der Waals surface area contributed by atoms with Crippen LogP contribution < -0.4 is 4.74 Å². The maximum absolute atomic E-state index is 12.7. The van der Waals surface area contributed by atoms with Crippen LogP contribution in [0.15, 0.2) is 53.4 Å². The zero-order valence-electron chi connectivity index (χ0n) is 13.5. The van der Waals surface area contributed by atoms with Gasteiger partial charge in [-0.05, 0) is 37.1 Å². The number of para-hydroxylation sites is 1. The van der Waals surface area contributed by atoms with Gasteiger partial charge in [0.2, 0.25) is 15.8 Å². The largest absolute Gasteiger partial charge is 0.450 e. The second-order valence-electron chi connectivity index (χ2n) is 5.77. The number of hydrogen-bond donors (Lipinski definition) is 0. The molecule has 1 aliphatic heterocycles. The lowest BCUT2D eigenvalue weighted by molar-refractivity contribution is -0.385. The van der Waals surface area contributed by atoms with Crippen LogP contribution in [0.25, 0.3) is 0 Å². The maximum atomic E-state index is 12.7. The monoisotopic (exact) mass is 362 g/mol. The van der Waals surface area contributed by atoms with Crippen molar-refractivity contribution in [2.24, 2.45) is 0 Å². The van der Waals surface area contributed by atoms with Gasteiger partial charge in [-0.15, -0.1) is 0 Å². The molecule has 132 valence electrons. The van der Waals surface area contributed by atoms with E-state index in [-0.39, 0.29) is 16.3 Å². The van der Waals surface area contributed by atoms with Crippen LogP contribution in [0.2, 0.25) is 0 Å². The normalized spacial score (nSPS) is 15.7.